The first-order valence-electron chi connectivity index (χ1n) is 7.24. The minimum atomic E-state index is -0.0225. The van der Waals surface area contributed by atoms with Gasteiger partial charge >= 0.3 is 0 Å². The lowest BCUT2D eigenvalue weighted by molar-refractivity contribution is -0.0992. The maximum atomic E-state index is 5.84. The van der Waals surface area contributed by atoms with E-state index in [1.54, 1.807) is 0 Å². The van der Waals surface area contributed by atoms with Gasteiger partial charge in [-0.15, -0.1) is 0 Å². The van der Waals surface area contributed by atoms with Crippen LogP contribution in [0.25, 0.3) is 0 Å². The van der Waals surface area contributed by atoms with Gasteiger partial charge in [-0.3, -0.25) is 4.90 Å². The second kappa shape index (κ2) is 4.89. The van der Waals surface area contributed by atoms with Crippen molar-refractivity contribution in [3.63, 3.8) is 0 Å². The van der Waals surface area contributed by atoms with Gasteiger partial charge in [0.05, 0.1) is 12.2 Å². The molecule has 0 amide bonds. The van der Waals surface area contributed by atoms with Gasteiger partial charge in [-0.1, -0.05) is 24.3 Å². The molecule has 19 heavy (non-hydrogen) atoms. The van der Waals surface area contributed by atoms with Crippen molar-refractivity contribution in [2.24, 2.45) is 0 Å². The van der Waals surface area contributed by atoms with Gasteiger partial charge in [0, 0.05) is 25.2 Å². The Kier molecular flexibility index (Phi) is 3.37. The van der Waals surface area contributed by atoms with E-state index in [1.807, 2.05) is 0 Å². The fourth-order valence-corrected chi connectivity index (χ4v) is 3.60. The second-order valence-electron chi connectivity index (χ2n) is 6.32. The fourth-order valence-electron chi connectivity index (χ4n) is 3.60. The van der Waals surface area contributed by atoms with Gasteiger partial charge in [-0.05, 0) is 38.4 Å². The Morgan fingerprint density at radius 2 is 2.11 bits per heavy atom. The van der Waals surface area contributed by atoms with Gasteiger partial charge in [0.15, 0.2) is 0 Å². The highest BCUT2D eigenvalue weighted by atomic mass is 16.5. The summed E-state index contributed by atoms with van der Waals surface area (Å²) in [7, 11) is 2.07. The number of nitrogens with zero attached hydrogens (tertiary/aromatic N) is 1. The SMILES string of the molecule is CNC1c2ccccc2CC1N1CCOC(C)(C)C1. The molecule has 1 aromatic carbocycles. The lowest BCUT2D eigenvalue weighted by Gasteiger charge is -2.43. The van der Waals surface area contributed by atoms with Crippen LogP contribution in [0.2, 0.25) is 0 Å². The zero-order valence-corrected chi connectivity index (χ0v) is 12.1. The standard InChI is InChI=1S/C16H24N2O/c1-16(2)11-18(8-9-19-16)14-10-12-6-4-5-7-13(12)15(14)17-3/h4-7,14-15,17H,8-11H2,1-3H3. The lowest BCUT2D eigenvalue weighted by atomic mass is 10.0. The largest absolute Gasteiger partial charge is 0.373 e. The Balaban J connectivity index is 1.83. The summed E-state index contributed by atoms with van der Waals surface area (Å²) in [5.41, 5.74) is 2.95. The van der Waals surface area contributed by atoms with Crippen LogP contribution >= 0.6 is 0 Å². The monoisotopic (exact) mass is 260 g/mol. The normalized spacial score (nSPS) is 30.3. The lowest BCUT2D eigenvalue weighted by Crippen LogP contribution is -2.54. The molecule has 1 aliphatic carbocycles. The van der Waals surface area contributed by atoms with Crippen molar-refractivity contribution in [1.29, 1.82) is 0 Å². The van der Waals surface area contributed by atoms with E-state index in [0.717, 1.165) is 26.1 Å². The molecule has 0 spiro atoms. The summed E-state index contributed by atoms with van der Waals surface area (Å²) in [5.74, 6) is 0. The minimum absolute atomic E-state index is 0.0225. The average Bonchev–Trinajstić information content (AvgIpc) is 2.76. The third-order valence-electron chi connectivity index (χ3n) is 4.44. The van der Waals surface area contributed by atoms with Gasteiger partial charge in [0.25, 0.3) is 0 Å². The minimum Gasteiger partial charge on any atom is -0.373 e. The number of ether oxygens (including phenoxy) is 1. The number of likely N-dealkylation sites (N-methyl/N-ethyl adjacent to an activating group) is 1. The van der Waals surface area contributed by atoms with Crippen molar-refractivity contribution < 1.29 is 4.74 Å². The molecule has 1 fully saturated rings. The molecule has 2 aliphatic rings. The molecule has 0 radical (unpaired) electrons. The Morgan fingerprint density at radius 1 is 1.32 bits per heavy atom. The molecule has 0 aromatic heterocycles. The van der Waals surface area contributed by atoms with E-state index >= 15 is 0 Å². The van der Waals surface area contributed by atoms with Crippen LogP contribution in [-0.4, -0.2) is 43.3 Å². The number of morpholine rings is 1. The zero-order chi connectivity index (χ0) is 13.5. The van der Waals surface area contributed by atoms with E-state index in [0.29, 0.717) is 12.1 Å². The summed E-state index contributed by atoms with van der Waals surface area (Å²) >= 11 is 0. The molecule has 2 unspecified atom stereocenters. The van der Waals surface area contributed by atoms with Crippen LogP contribution in [-0.2, 0) is 11.2 Å². The molecule has 3 nitrogen and oxygen atoms in total. The van der Waals surface area contributed by atoms with Gasteiger partial charge in [0.1, 0.15) is 0 Å². The highest BCUT2D eigenvalue weighted by Gasteiger charge is 2.39. The first-order valence-corrected chi connectivity index (χ1v) is 7.24. The van der Waals surface area contributed by atoms with E-state index in [-0.39, 0.29) is 5.60 Å². The molecule has 2 atom stereocenters. The number of hydrogen-bond donors (Lipinski definition) is 1. The van der Waals surface area contributed by atoms with Crippen molar-refractivity contribution in [2.75, 3.05) is 26.7 Å². The molecule has 3 rings (SSSR count). The van der Waals surface area contributed by atoms with Crippen molar-refractivity contribution in [1.82, 2.24) is 10.2 Å². The molecule has 0 saturated carbocycles. The van der Waals surface area contributed by atoms with Crippen LogP contribution in [0.15, 0.2) is 24.3 Å². The maximum Gasteiger partial charge on any atom is 0.0753 e. The van der Waals surface area contributed by atoms with Gasteiger partial charge in [0.2, 0.25) is 0 Å². The summed E-state index contributed by atoms with van der Waals surface area (Å²) in [6.45, 7) is 7.28. The van der Waals surface area contributed by atoms with Crippen LogP contribution < -0.4 is 5.32 Å². The zero-order valence-electron chi connectivity index (χ0n) is 12.1. The third kappa shape index (κ3) is 2.42. The van der Waals surface area contributed by atoms with E-state index in [1.165, 1.54) is 11.1 Å². The molecule has 3 heteroatoms. The summed E-state index contributed by atoms with van der Waals surface area (Å²) < 4.78 is 5.84. The van der Waals surface area contributed by atoms with Gasteiger partial charge < -0.3 is 10.1 Å². The van der Waals surface area contributed by atoms with Crippen LogP contribution in [0.5, 0.6) is 0 Å². The first kappa shape index (κ1) is 13.1. The maximum absolute atomic E-state index is 5.84. The molecular weight excluding hydrogens is 236 g/mol. The van der Waals surface area contributed by atoms with Crippen LogP contribution in [0.4, 0.5) is 0 Å². The predicted molar refractivity (Wildman–Crippen MR) is 77.3 cm³/mol. The number of hydrogen-bond acceptors (Lipinski definition) is 3. The summed E-state index contributed by atoms with van der Waals surface area (Å²) in [6, 6.07) is 9.84. The molecule has 1 N–H and O–H groups in total. The summed E-state index contributed by atoms with van der Waals surface area (Å²) in [5, 5.41) is 3.51. The number of rotatable bonds is 2. The van der Waals surface area contributed by atoms with Crippen molar-refractivity contribution >= 4 is 0 Å². The second-order valence-corrected chi connectivity index (χ2v) is 6.32. The van der Waals surface area contributed by atoms with Crippen LogP contribution in [0.1, 0.15) is 31.0 Å². The highest BCUT2D eigenvalue weighted by Crippen LogP contribution is 2.35. The Hall–Kier alpha value is -0.900. The molecule has 0 bridgehead atoms. The van der Waals surface area contributed by atoms with Crippen LogP contribution in [0.3, 0.4) is 0 Å². The molecular formula is C16H24N2O. The van der Waals surface area contributed by atoms with E-state index in [4.69, 9.17) is 4.74 Å². The Labute approximate surface area is 115 Å². The quantitative estimate of drug-likeness (QED) is 0.880. The van der Waals surface area contributed by atoms with Gasteiger partial charge in [-0.2, -0.15) is 0 Å². The van der Waals surface area contributed by atoms with Crippen molar-refractivity contribution in [3.8, 4) is 0 Å². The highest BCUT2D eigenvalue weighted by molar-refractivity contribution is 5.37. The topological polar surface area (TPSA) is 24.5 Å². The van der Waals surface area contributed by atoms with E-state index in [2.05, 4.69) is 55.4 Å². The van der Waals surface area contributed by atoms with E-state index < -0.39 is 0 Å². The Morgan fingerprint density at radius 3 is 2.84 bits per heavy atom. The first-order chi connectivity index (χ1) is 9.11. The number of fused-ring (bicyclic) bond motifs is 1. The van der Waals surface area contributed by atoms with Crippen molar-refractivity contribution in [2.45, 2.75) is 38.0 Å². The molecule has 1 saturated heterocycles. The number of benzene rings is 1. The van der Waals surface area contributed by atoms with E-state index in [9.17, 15) is 0 Å². The summed E-state index contributed by atoms with van der Waals surface area (Å²) in [4.78, 5) is 2.60. The predicted octanol–water partition coefficient (Wildman–Crippen LogP) is 1.98. The van der Waals surface area contributed by atoms with Crippen molar-refractivity contribution in [3.05, 3.63) is 35.4 Å². The summed E-state index contributed by atoms with van der Waals surface area (Å²) in [6.07, 6.45) is 1.15. The van der Waals surface area contributed by atoms with Crippen LogP contribution in [0, 0.1) is 0 Å². The average molecular weight is 260 g/mol. The van der Waals surface area contributed by atoms with Gasteiger partial charge in [-0.25, -0.2) is 0 Å². The number of nitrogens with one attached hydrogen (secondary N) is 1. The fraction of sp³-hybridized carbons (Fsp3) is 0.625. The Bertz CT molecular complexity index is 458. The molecule has 1 heterocycles. The smallest absolute Gasteiger partial charge is 0.0753 e. The third-order valence-corrected chi connectivity index (χ3v) is 4.44. The molecule has 1 aromatic rings. The molecule has 1 aliphatic heterocycles. The molecule has 104 valence electrons.